The number of carbonyl (C=O) groups is 1. The highest BCUT2D eigenvalue weighted by Crippen LogP contribution is 2.27. The summed E-state index contributed by atoms with van der Waals surface area (Å²) in [6, 6.07) is 23.2. The summed E-state index contributed by atoms with van der Waals surface area (Å²) in [5, 5.41) is 11.2. The highest BCUT2D eigenvalue weighted by Gasteiger charge is 2.23. The van der Waals surface area contributed by atoms with Gasteiger partial charge >= 0.3 is 0 Å². The third kappa shape index (κ3) is 4.75. The molecule has 1 atom stereocenters. The third-order valence-electron chi connectivity index (χ3n) is 4.53. The fourth-order valence-corrected chi connectivity index (χ4v) is 3.68. The van der Waals surface area contributed by atoms with E-state index in [4.69, 9.17) is 4.42 Å². The van der Waals surface area contributed by atoms with Gasteiger partial charge in [-0.05, 0) is 30.2 Å². The molecule has 0 aliphatic heterocycles. The third-order valence-corrected chi connectivity index (χ3v) is 5.47. The van der Waals surface area contributed by atoms with Gasteiger partial charge in [0.2, 0.25) is 11.8 Å². The first kappa shape index (κ1) is 19.8. The highest BCUT2D eigenvalue weighted by molar-refractivity contribution is 8.00. The van der Waals surface area contributed by atoms with E-state index in [9.17, 15) is 4.79 Å². The lowest BCUT2D eigenvalue weighted by Crippen LogP contribution is -2.34. The molecule has 1 amide bonds. The molecule has 0 aliphatic rings. The number of amides is 1. The van der Waals surface area contributed by atoms with Crippen LogP contribution in [0.5, 0.6) is 0 Å². The summed E-state index contributed by atoms with van der Waals surface area (Å²) in [5.74, 6) is 0.292. The number of carbonyl (C=O) groups excluding carboxylic acids is 1. The second-order valence-corrected chi connectivity index (χ2v) is 7.92. The summed E-state index contributed by atoms with van der Waals surface area (Å²) < 4.78 is 5.70. The molecule has 1 unspecified atom stereocenters. The first-order valence-corrected chi connectivity index (χ1v) is 10.4. The van der Waals surface area contributed by atoms with Gasteiger partial charge in [0, 0.05) is 18.0 Å². The molecule has 4 rings (SSSR count). The predicted octanol–water partition coefficient (Wildman–Crippen LogP) is 4.52. The van der Waals surface area contributed by atoms with Crippen molar-refractivity contribution in [2.45, 2.75) is 23.4 Å². The Balaban J connectivity index is 1.47. The Morgan fingerprint density at radius 3 is 2.10 bits per heavy atom. The van der Waals surface area contributed by atoms with Crippen LogP contribution in [0.3, 0.4) is 0 Å². The summed E-state index contributed by atoms with van der Waals surface area (Å²) in [6.45, 7) is 1.82. The van der Waals surface area contributed by atoms with Crippen molar-refractivity contribution in [2.75, 3.05) is 0 Å². The van der Waals surface area contributed by atoms with Crippen LogP contribution in [0, 0.1) is 0 Å². The van der Waals surface area contributed by atoms with Gasteiger partial charge in [-0.3, -0.25) is 9.78 Å². The molecule has 2 aromatic heterocycles. The molecule has 30 heavy (non-hydrogen) atoms. The van der Waals surface area contributed by atoms with Crippen molar-refractivity contribution in [1.29, 1.82) is 0 Å². The quantitative estimate of drug-likeness (QED) is 0.446. The fourth-order valence-electron chi connectivity index (χ4n) is 2.98. The topological polar surface area (TPSA) is 80.9 Å². The number of hydrogen-bond acceptors (Lipinski definition) is 6. The van der Waals surface area contributed by atoms with Crippen molar-refractivity contribution in [2.24, 2.45) is 0 Å². The molecule has 4 aromatic rings. The Morgan fingerprint density at radius 1 is 0.900 bits per heavy atom. The largest absolute Gasteiger partial charge is 0.411 e. The van der Waals surface area contributed by atoms with E-state index in [1.165, 1.54) is 11.8 Å². The van der Waals surface area contributed by atoms with E-state index in [0.717, 1.165) is 16.7 Å². The van der Waals surface area contributed by atoms with Crippen molar-refractivity contribution in [3.05, 3.63) is 96.3 Å². The van der Waals surface area contributed by atoms with Crippen LogP contribution in [-0.2, 0) is 4.79 Å². The molecule has 0 saturated heterocycles. The maximum atomic E-state index is 13.0. The number of hydrogen-bond donors (Lipinski definition) is 1. The minimum absolute atomic E-state index is 0.110. The van der Waals surface area contributed by atoms with Crippen LogP contribution >= 0.6 is 11.8 Å². The van der Waals surface area contributed by atoms with E-state index in [2.05, 4.69) is 20.5 Å². The zero-order valence-electron chi connectivity index (χ0n) is 16.3. The van der Waals surface area contributed by atoms with Crippen LogP contribution in [0.1, 0.15) is 24.1 Å². The van der Waals surface area contributed by atoms with E-state index in [0.29, 0.717) is 11.1 Å². The Kier molecular flexibility index (Phi) is 6.20. The van der Waals surface area contributed by atoms with Crippen molar-refractivity contribution < 1.29 is 9.21 Å². The summed E-state index contributed by atoms with van der Waals surface area (Å²) in [4.78, 5) is 16.9. The van der Waals surface area contributed by atoms with Crippen LogP contribution in [0.15, 0.2) is 94.8 Å². The minimum atomic E-state index is -0.411. The molecule has 0 fully saturated rings. The molecular weight excluding hydrogens is 396 g/mol. The number of rotatable bonds is 7. The molecule has 1 N–H and O–H groups in total. The maximum Gasteiger partial charge on any atom is 0.277 e. The monoisotopic (exact) mass is 416 g/mol. The summed E-state index contributed by atoms with van der Waals surface area (Å²) in [7, 11) is 0. The van der Waals surface area contributed by atoms with Gasteiger partial charge in [0.05, 0.1) is 11.3 Å². The molecule has 0 spiro atoms. The van der Waals surface area contributed by atoms with E-state index >= 15 is 0 Å². The van der Waals surface area contributed by atoms with E-state index < -0.39 is 5.25 Å². The molecule has 6 nitrogen and oxygen atoms in total. The maximum absolute atomic E-state index is 13.0. The van der Waals surface area contributed by atoms with Crippen molar-refractivity contribution in [3.63, 3.8) is 0 Å². The zero-order valence-corrected chi connectivity index (χ0v) is 17.1. The molecule has 150 valence electrons. The number of thioether (sulfide) groups is 1. The van der Waals surface area contributed by atoms with Crippen molar-refractivity contribution >= 4 is 17.7 Å². The lowest BCUT2D eigenvalue weighted by atomic mass is 9.98. The molecule has 2 heterocycles. The molecule has 7 heteroatoms. The molecule has 0 radical (unpaired) electrons. The SMILES string of the molecule is CC(Sc1nnc(-c2ccncc2)o1)C(=O)NC(c1ccccc1)c1ccccc1. The zero-order chi connectivity index (χ0) is 20.8. The molecular formula is C23H20N4O2S. The molecule has 2 aromatic carbocycles. The first-order valence-electron chi connectivity index (χ1n) is 9.51. The van der Waals surface area contributed by atoms with Gasteiger partial charge in [-0.15, -0.1) is 10.2 Å². The average molecular weight is 417 g/mol. The van der Waals surface area contributed by atoms with Crippen LogP contribution in [0.2, 0.25) is 0 Å². The second-order valence-electron chi connectivity index (χ2n) is 6.63. The molecule has 0 saturated carbocycles. The Hall–Kier alpha value is -3.45. The number of pyridine rings is 1. The van der Waals surface area contributed by atoms with Gasteiger partial charge in [0.15, 0.2) is 0 Å². The number of nitrogens with zero attached hydrogens (tertiary/aromatic N) is 3. The Bertz CT molecular complexity index is 1050. The predicted molar refractivity (Wildman–Crippen MR) is 116 cm³/mol. The van der Waals surface area contributed by atoms with Crippen LogP contribution in [0.4, 0.5) is 0 Å². The highest BCUT2D eigenvalue weighted by atomic mass is 32.2. The Labute approximate surface area is 178 Å². The van der Waals surface area contributed by atoms with Gasteiger partial charge in [0.25, 0.3) is 5.22 Å². The first-order chi connectivity index (χ1) is 14.7. The van der Waals surface area contributed by atoms with Gasteiger partial charge < -0.3 is 9.73 Å². The number of benzene rings is 2. The van der Waals surface area contributed by atoms with E-state index in [1.807, 2.05) is 67.6 Å². The smallest absolute Gasteiger partial charge is 0.277 e. The average Bonchev–Trinajstić information content (AvgIpc) is 3.27. The van der Waals surface area contributed by atoms with Crippen molar-refractivity contribution in [1.82, 2.24) is 20.5 Å². The lowest BCUT2D eigenvalue weighted by molar-refractivity contribution is -0.120. The van der Waals surface area contributed by atoms with Crippen LogP contribution in [0.25, 0.3) is 11.5 Å². The second kappa shape index (κ2) is 9.37. The summed E-state index contributed by atoms with van der Waals surface area (Å²) >= 11 is 1.23. The van der Waals surface area contributed by atoms with Crippen LogP contribution < -0.4 is 5.32 Å². The lowest BCUT2D eigenvalue weighted by Gasteiger charge is -2.21. The summed E-state index contributed by atoms with van der Waals surface area (Å²) in [6.07, 6.45) is 3.32. The Morgan fingerprint density at radius 2 is 1.50 bits per heavy atom. The van der Waals surface area contributed by atoms with Gasteiger partial charge in [-0.1, -0.05) is 72.4 Å². The van der Waals surface area contributed by atoms with Gasteiger partial charge in [-0.2, -0.15) is 0 Å². The summed E-state index contributed by atoms with van der Waals surface area (Å²) in [5.41, 5.74) is 2.83. The molecule has 0 bridgehead atoms. The van der Waals surface area contributed by atoms with E-state index in [-0.39, 0.29) is 11.9 Å². The number of aromatic nitrogens is 3. The van der Waals surface area contributed by atoms with Crippen molar-refractivity contribution in [3.8, 4) is 11.5 Å². The number of nitrogens with one attached hydrogen (secondary N) is 1. The normalized spacial score (nSPS) is 11.9. The van der Waals surface area contributed by atoms with Gasteiger partial charge in [0.1, 0.15) is 0 Å². The van der Waals surface area contributed by atoms with Gasteiger partial charge in [-0.25, -0.2) is 0 Å². The fraction of sp³-hybridized carbons (Fsp3) is 0.130. The molecule has 0 aliphatic carbocycles. The minimum Gasteiger partial charge on any atom is -0.411 e. The standard InChI is InChI=1S/C23H20N4O2S/c1-16(30-23-27-26-22(29-23)19-12-14-24-15-13-19)21(28)25-20(17-8-4-2-5-9-17)18-10-6-3-7-11-18/h2-16,20H,1H3,(H,25,28). The van der Waals surface area contributed by atoms with Crippen LogP contribution in [-0.4, -0.2) is 26.3 Å². The van der Waals surface area contributed by atoms with E-state index in [1.54, 1.807) is 24.5 Å².